The summed E-state index contributed by atoms with van der Waals surface area (Å²) in [4.78, 5) is 7.00. The zero-order chi connectivity index (χ0) is 13.4. The predicted octanol–water partition coefficient (Wildman–Crippen LogP) is 3.39. The maximum Gasteiger partial charge on any atom is 0.178 e. The Bertz CT molecular complexity index is 775. The van der Waals surface area contributed by atoms with Crippen LogP contribution < -0.4 is 0 Å². The van der Waals surface area contributed by atoms with E-state index in [9.17, 15) is 4.39 Å². The van der Waals surface area contributed by atoms with Crippen LogP contribution in [0.5, 0.6) is 0 Å². The summed E-state index contributed by atoms with van der Waals surface area (Å²) in [5.41, 5.74) is 1.45. The summed E-state index contributed by atoms with van der Waals surface area (Å²) in [5, 5.41) is 0.0884. The zero-order valence-corrected chi connectivity index (χ0v) is 11.4. The normalized spacial score (nSPS) is 11.3. The van der Waals surface area contributed by atoms with Crippen molar-refractivity contribution in [1.82, 2.24) is 19.1 Å². The lowest BCUT2D eigenvalue weighted by atomic mass is 10.3. The van der Waals surface area contributed by atoms with Crippen LogP contribution in [0.3, 0.4) is 0 Å². The molecule has 0 radical (unpaired) electrons. The Morgan fingerprint density at radius 2 is 2.21 bits per heavy atom. The van der Waals surface area contributed by atoms with Crippen LogP contribution in [-0.4, -0.2) is 19.1 Å². The molecular weight excluding hydrogens is 287 g/mol. The van der Waals surface area contributed by atoms with Crippen LogP contribution in [0.25, 0.3) is 11.0 Å². The highest BCUT2D eigenvalue weighted by molar-refractivity contribution is 7.71. The predicted molar refractivity (Wildman–Crippen MR) is 74.3 cm³/mol. The standard InChI is InChI=1S/C12H10ClFN4S/c13-8-5-10-11(6-9(8)14)18(12(19)16-10)4-3-17-2-1-15-7-17/h1-2,5-7H,3-4H2,(H,16,19). The lowest BCUT2D eigenvalue weighted by molar-refractivity contribution is 0.582. The highest BCUT2D eigenvalue weighted by Crippen LogP contribution is 2.22. The molecule has 4 nitrogen and oxygen atoms in total. The zero-order valence-electron chi connectivity index (χ0n) is 9.81. The SMILES string of the molecule is Fc1cc2c(cc1Cl)[nH]c(=S)n2CCn1ccnc1. The van der Waals surface area contributed by atoms with Crippen LogP contribution in [0.1, 0.15) is 0 Å². The van der Waals surface area contributed by atoms with Gasteiger partial charge in [0.05, 0.1) is 22.4 Å². The fourth-order valence-electron chi connectivity index (χ4n) is 2.01. The van der Waals surface area contributed by atoms with E-state index in [1.807, 2.05) is 15.3 Å². The van der Waals surface area contributed by atoms with E-state index in [4.69, 9.17) is 23.8 Å². The Labute approximate surface area is 118 Å². The number of rotatable bonds is 3. The summed E-state index contributed by atoms with van der Waals surface area (Å²) in [5.74, 6) is -0.445. The lowest BCUT2D eigenvalue weighted by Gasteiger charge is -2.05. The van der Waals surface area contributed by atoms with E-state index >= 15 is 0 Å². The number of hydrogen-bond donors (Lipinski definition) is 1. The third kappa shape index (κ3) is 2.29. The molecule has 0 unspecified atom stereocenters. The van der Waals surface area contributed by atoms with E-state index in [-0.39, 0.29) is 5.02 Å². The van der Waals surface area contributed by atoms with E-state index < -0.39 is 5.82 Å². The maximum atomic E-state index is 13.5. The molecule has 0 bridgehead atoms. The minimum atomic E-state index is -0.445. The summed E-state index contributed by atoms with van der Waals surface area (Å²) < 4.78 is 17.9. The van der Waals surface area contributed by atoms with Crippen LogP contribution in [0.4, 0.5) is 4.39 Å². The van der Waals surface area contributed by atoms with Gasteiger partial charge in [0.1, 0.15) is 5.82 Å². The average molecular weight is 297 g/mol. The number of H-pyrrole nitrogens is 1. The molecule has 0 saturated heterocycles. The maximum absolute atomic E-state index is 13.5. The minimum Gasteiger partial charge on any atom is -0.336 e. The molecular formula is C12H10ClFN4S. The molecule has 0 amide bonds. The molecule has 0 aliphatic heterocycles. The van der Waals surface area contributed by atoms with Gasteiger partial charge in [0.2, 0.25) is 0 Å². The van der Waals surface area contributed by atoms with Crippen molar-refractivity contribution in [2.45, 2.75) is 13.1 Å². The number of aromatic amines is 1. The Hall–Kier alpha value is -1.66. The molecule has 1 aromatic carbocycles. The van der Waals surface area contributed by atoms with Crippen molar-refractivity contribution in [3.05, 3.63) is 46.5 Å². The van der Waals surface area contributed by atoms with Crippen LogP contribution in [0, 0.1) is 10.6 Å². The van der Waals surface area contributed by atoms with Gasteiger partial charge in [-0.1, -0.05) is 11.6 Å². The number of nitrogens with zero attached hydrogens (tertiary/aromatic N) is 3. The van der Waals surface area contributed by atoms with Gasteiger partial charge in [0.25, 0.3) is 0 Å². The molecule has 0 saturated carbocycles. The second kappa shape index (κ2) is 4.79. The molecule has 0 fully saturated rings. The Morgan fingerprint density at radius 3 is 2.95 bits per heavy atom. The highest BCUT2D eigenvalue weighted by atomic mass is 35.5. The van der Waals surface area contributed by atoms with Gasteiger partial charge in [0, 0.05) is 31.5 Å². The second-order valence-corrected chi connectivity index (χ2v) is 4.96. The summed E-state index contributed by atoms with van der Waals surface area (Å²) in [6.07, 6.45) is 5.32. The number of imidazole rings is 2. The summed E-state index contributed by atoms with van der Waals surface area (Å²) in [6, 6.07) is 2.95. The summed E-state index contributed by atoms with van der Waals surface area (Å²) in [6.45, 7) is 1.35. The van der Waals surface area contributed by atoms with Crippen LogP contribution >= 0.6 is 23.8 Å². The van der Waals surface area contributed by atoms with Crippen LogP contribution in [0.15, 0.2) is 30.9 Å². The Kier molecular flexibility index (Phi) is 3.12. The molecule has 98 valence electrons. The molecule has 0 spiro atoms. The quantitative estimate of drug-likeness (QED) is 0.753. The average Bonchev–Trinajstić information content (AvgIpc) is 2.96. The molecule has 1 N–H and O–H groups in total. The van der Waals surface area contributed by atoms with E-state index in [0.717, 1.165) is 5.52 Å². The van der Waals surface area contributed by atoms with Gasteiger partial charge in [-0.25, -0.2) is 9.37 Å². The number of benzene rings is 1. The molecule has 3 rings (SSSR count). The number of halogens is 2. The van der Waals surface area contributed by atoms with E-state index in [1.165, 1.54) is 6.07 Å². The topological polar surface area (TPSA) is 38.5 Å². The third-order valence-corrected chi connectivity index (χ3v) is 3.57. The number of aromatic nitrogens is 4. The smallest absolute Gasteiger partial charge is 0.178 e. The first-order chi connectivity index (χ1) is 9.15. The van der Waals surface area contributed by atoms with Crippen molar-refractivity contribution in [1.29, 1.82) is 0 Å². The molecule has 2 aromatic heterocycles. The minimum absolute atomic E-state index is 0.0884. The van der Waals surface area contributed by atoms with Gasteiger partial charge in [0.15, 0.2) is 4.77 Å². The first-order valence-corrected chi connectivity index (χ1v) is 6.47. The van der Waals surface area contributed by atoms with Crippen molar-refractivity contribution in [2.75, 3.05) is 0 Å². The van der Waals surface area contributed by atoms with Crippen molar-refractivity contribution < 1.29 is 4.39 Å². The van der Waals surface area contributed by atoms with Crippen molar-refractivity contribution in [2.24, 2.45) is 0 Å². The molecule has 2 heterocycles. The second-order valence-electron chi connectivity index (χ2n) is 4.17. The Morgan fingerprint density at radius 1 is 1.37 bits per heavy atom. The van der Waals surface area contributed by atoms with Crippen molar-refractivity contribution in [3.63, 3.8) is 0 Å². The summed E-state index contributed by atoms with van der Waals surface area (Å²) >= 11 is 11.0. The van der Waals surface area contributed by atoms with Gasteiger partial charge in [-0.15, -0.1) is 0 Å². The van der Waals surface area contributed by atoms with Crippen molar-refractivity contribution in [3.8, 4) is 0 Å². The number of fused-ring (bicyclic) bond motifs is 1. The lowest BCUT2D eigenvalue weighted by Crippen LogP contribution is -2.06. The molecule has 0 aliphatic rings. The first-order valence-electron chi connectivity index (χ1n) is 5.68. The van der Waals surface area contributed by atoms with Crippen molar-refractivity contribution >= 4 is 34.9 Å². The largest absolute Gasteiger partial charge is 0.336 e. The number of nitrogens with one attached hydrogen (secondary N) is 1. The summed E-state index contributed by atoms with van der Waals surface area (Å²) in [7, 11) is 0. The van der Waals surface area contributed by atoms with Gasteiger partial charge in [-0.2, -0.15) is 0 Å². The van der Waals surface area contributed by atoms with Gasteiger partial charge < -0.3 is 14.1 Å². The number of hydrogen-bond acceptors (Lipinski definition) is 2. The monoisotopic (exact) mass is 296 g/mol. The van der Waals surface area contributed by atoms with Gasteiger partial charge in [-0.05, 0) is 18.3 Å². The molecule has 0 atom stereocenters. The molecule has 0 aliphatic carbocycles. The Balaban J connectivity index is 2.00. The first kappa shape index (κ1) is 12.4. The van der Waals surface area contributed by atoms with Gasteiger partial charge >= 0.3 is 0 Å². The molecule has 7 heteroatoms. The highest BCUT2D eigenvalue weighted by Gasteiger charge is 2.09. The van der Waals surface area contributed by atoms with E-state index in [2.05, 4.69) is 9.97 Å². The fourth-order valence-corrected chi connectivity index (χ4v) is 2.47. The van der Waals surface area contributed by atoms with E-state index in [0.29, 0.717) is 23.4 Å². The van der Waals surface area contributed by atoms with E-state index in [1.54, 1.807) is 18.6 Å². The van der Waals surface area contributed by atoms with Crippen LogP contribution in [-0.2, 0) is 13.1 Å². The number of aryl methyl sites for hydroxylation is 2. The van der Waals surface area contributed by atoms with Crippen LogP contribution in [0.2, 0.25) is 5.02 Å². The fraction of sp³-hybridized carbons (Fsp3) is 0.167. The molecule has 3 aromatic rings. The third-order valence-electron chi connectivity index (χ3n) is 2.96. The van der Waals surface area contributed by atoms with Gasteiger partial charge in [-0.3, -0.25) is 0 Å². The molecule has 19 heavy (non-hydrogen) atoms.